The standard InChI is InChI=1S/C18H20N2O4/c1-23-11-10-19-17(21)13-6-5-7-14(12-13)20-18(22)15-8-3-4-9-16(15)24-2/h3-9,12H,10-11H2,1-2H3,(H,19,21)(H,20,22). The fourth-order valence-electron chi connectivity index (χ4n) is 2.14. The van der Waals surface area contributed by atoms with E-state index in [0.717, 1.165) is 0 Å². The summed E-state index contributed by atoms with van der Waals surface area (Å²) in [7, 11) is 3.08. The lowest BCUT2D eigenvalue weighted by Crippen LogP contribution is -2.27. The second-order valence-corrected chi connectivity index (χ2v) is 4.98. The van der Waals surface area contributed by atoms with Crippen LogP contribution in [0.2, 0.25) is 0 Å². The monoisotopic (exact) mass is 328 g/mol. The fraction of sp³-hybridized carbons (Fsp3) is 0.222. The molecule has 2 aromatic rings. The van der Waals surface area contributed by atoms with Gasteiger partial charge in [0.2, 0.25) is 0 Å². The Morgan fingerprint density at radius 1 is 1.00 bits per heavy atom. The zero-order chi connectivity index (χ0) is 17.4. The Morgan fingerprint density at radius 3 is 2.54 bits per heavy atom. The number of hydrogen-bond donors (Lipinski definition) is 2. The summed E-state index contributed by atoms with van der Waals surface area (Å²) < 4.78 is 10.1. The first-order valence-corrected chi connectivity index (χ1v) is 7.47. The van der Waals surface area contributed by atoms with Gasteiger partial charge >= 0.3 is 0 Å². The van der Waals surface area contributed by atoms with Crippen molar-refractivity contribution in [2.75, 3.05) is 32.7 Å². The number of benzene rings is 2. The van der Waals surface area contributed by atoms with Gasteiger partial charge in [-0.15, -0.1) is 0 Å². The first-order chi connectivity index (χ1) is 11.7. The van der Waals surface area contributed by atoms with E-state index >= 15 is 0 Å². The van der Waals surface area contributed by atoms with E-state index in [0.29, 0.717) is 35.7 Å². The molecule has 0 bridgehead atoms. The van der Waals surface area contributed by atoms with E-state index in [9.17, 15) is 9.59 Å². The summed E-state index contributed by atoms with van der Waals surface area (Å²) in [5.41, 5.74) is 1.42. The number of nitrogens with one attached hydrogen (secondary N) is 2. The van der Waals surface area contributed by atoms with E-state index in [1.54, 1.807) is 55.6 Å². The summed E-state index contributed by atoms with van der Waals surface area (Å²) in [6, 6.07) is 13.7. The fourth-order valence-corrected chi connectivity index (χ4v) is 2.14. The molecule has 2 amide bonds. The third kappa shape index (κ3) is 4.57. The lowest BCUT2D eigenvalue weighted by molar-refractivity contribution is 0.0936. The highest BCUT2D eigenvalue weighted by molar-refractivity contribution is 6.06. The minimum Gasteiger partial charge on any atom is -0.496 e. The number of carbonyl (C=O) groups is 2. The Balaban J connectivity index is 2.09. The van der Waals surface area contributed by atoms with E-state index < -0.39 is 0 Å². The number of rotatable bonds is 7. The lowest BCUT2D eigenvalue weighted by Gasteiger charge is -2.10. The van der Waals surface area contributed by atoms with Gasteiger partial charge in [-0.05, 0) is 30.3 Å². The Kier molecular flexibility index (Phi) is 6.33. The summed E-state index contributed by atoms with van der Waals surface area (Å²) in [6.07, 6.45) is 0. The van der Waals surface area contributed by atoms with Crippen LogP contribution in [0.1, 0.15) is 20.7 Å². The van der Waals surface area contributed by atoms with E-state index in [2.05, 4.69) is 10.6 Å². The van der Waals surface area contributed by atoms with E-state index in [-0.39, 0.29) is 11.8 Å². The summed E-state index contributed by atoms with van der Waals surface area (Å²) in [4.78, 5) is 24.4. The van der Waals surface area contributed by atoms with Crippen molar-refractivity contribution in [1.29, 1.82) is 0 Å². The van der Waals surface area contributed by atoms with Crippen LogP contribution in [-0.2, 0) is 4.74 Å². The molecule has 0 radical (unpaired) electrons. The van der Waals surface area contributed by atoms with Crippen molar-refractivity contribution >= 4 is 17.5 Å². The minimum absolute atomic E-state index is 0.222. The van der Waals surface area contributed by atoms with Gasteiger partial charge < -0.3 is 20.1 Å². The second kappa shape index (κ2) is 8.69. The van der Waals surface area contributed by atoms with Crippen molar-refractivity contribution in [3.05, 3.63) is 59.7 Å². The summed E-state index contributed by atoms with van der Waals surface area (Å²) in [6.45, 7) is 0.864. The van der Waals surface area contributed by atoms with Gasteiger partial charge in [-0.1, -0.05) is 18.2 Å². The zero-order valence-corrected chi connectivity index (χ0v) is 13.7. The van der Waals surface area contributed by atoms with Gasteiger partial charge in [-0.3, -0.25) is 9.59 Å². The van der Waals surface area contributed by atoms with E-state index in [1.165, 1.54) is 7.11 Å². The van der Waals surface area contributed by atoms with Crippen LogP contribution in [0.5, 0.6) is 5.75 Å². The molecule has 6 nitrogen and oxygen atoms in total. The maximum atomic E-state index is 12.4. The normalized spacial score (nSPS) is 10.1. The van der Waals surface area contributed by atoms with Crippen molar-refractivity contribution in [2.24, 2.45) is 0 Å². The molecule has 0 aliphatic rings. The van der Waals surface area contributed by atoms with Crippen molar-refractivity contribution in [1.82, 2.24) is 5.32 Å². The molecule has 2 aromatic carbocycles. The van der Waals surface area contributed by atoms with Crippen LogP contribution in [0.3, 0.4) is 0 Å². The zero-order valence-electron chi connectivity index (χ0n) is 13.7. The SMILES string of the molecule is COCCNC(=O)c1cccc(NC(=O)c2ccccc2OC)c1. The Hall–Kier alpha value is -2.86. The molecule has 0 unspecified atom stereocenters. The predicted molar refractivity (Wildman–Crippen MR) is 91.6 cm³/mol. The molecule has 24 heavy (non-hydrogen) atoms. The van der Waals surface area contributed by atoms with Crippen molar-refractivity contribution < 1.29 is 19.1 Å². The maximum absolute atomic E-state index is 12.4. The van der Waals surface area contributed by atoms with Crippen LogP contribution in [0.15, 0.2) is 48.5 Å². The van der Waals surface area contributed by atoms with Gasteiger partial charge in [0.05, 0.1) is 19.3 Å². The molecule has 0 saturated heterocycles. The van der Waals surface area contributed by atoms with Crippen LogP contribution >= 0.6 is 0 Å². The number of carbonyl (C=O) groups excluding carboxylic acids is 2. The van der Waals surface area contributed by atoms with Gasteiger partial charge in [0, 0.05) is 24.9 Å². The van der Waals surface area contributed by atoms with Crippen LogP contribution in [0.25, 0.3) is 0 Å². The maximum Gasteiger partial charge on any atom is 0.259 e. The molecule has 0 aliphatic heterocycles. The van der Waals surface area contributed by atoms with Crippen molar-refractivity contribution in [2.45, 2.75) is 0 Å². The number of anilines is 1. The van der Waals surface area contributed by atoms with Crippen molar-refractivity contribution in [3.63, 3.8) is 0 Å². The second-order valence-electron chi connectivity index (χ2n) is 4.98. The number of amides is 2. The molecule has 0 heterocycles. The van der Waals surface area contributed by atoms with E-state index in [1.807, 2.05) is 0 Å². The van der Waals surface area contributed by atoms with Gasteiger partial charge in [0.1, 0.15) is 5.75 Å². The molecule has 0 aliphatic carbocycles. The van der Waals surface area contributed by atoms with Gasteiger partial charge in [0.15, 0.2) is 0 Å². The Bertz CT molecular complexity index is 716. The van der Waals surface area contributed by atoms with Crippen LogP contribution in [-0.4, -0.2) is 39.2 Å². The van der Waals surface area contributed by atoms with Gasteiger partial charge in [-0.25, -0.2) is 0 Å². The van der Waals surface area contributed by atoms with Crippen molar-refractivity contribution in [3.8, 4) is 5.75 Å². The summed E-state index contributed by atoms with van der Waals surface area (Å²) >= 11 is 0. The molecule has 0 saturated carbocycles. The van der Waals surface area contributed by atoms with E-state index in [4.69, 9.17) is 9.47 Å². The highest BCUT2D eigenvalue weighted by atomic mass is 16.5. The first kappa shape index (κ1) is 17.5. The summed E-state index contributed by atoms with van der Waals surface area (Å²) in [5, 5.41) is 5.51. The Labute approximate surface area is 140 Å². The third-order valence-corrected chi connectivity index (χ3v) is 3.33. The molecular formula is C18H20N2O4. The average Bonchev–Trinajstić information content (AvgIpc) is 2.62. The Morgan fingerprint density at radius 2 is 1.79 bits per heavy atom. The number of hydrogen-bond acceptors (Lipinski definition) is 4. The number of methoxy groups -OCH3 is 2. The molecule has 2 rings (SSSR count). The third-order valence-electron chi connectivity index (χ3n) is 3.33. The van der Waals surface area contributed by atoms with Crippen LogP contribution in [0, 0.1) is 0 Å². The highest BCUT2D eigenvalue weighted by Gasteiger charge is 2.12. The molecule has 0 fully saturated rings. The lowest BCUT2D eigenvalue weighted by atomic mass is 10.1. The number of para-hydroxylation sites is 1. The largest absolute Gasteiger partial charge is 0.496 e. The molecule has 6 heteroatoms. The molecule has 0 spiro atoms. The number of ether oxygens (including phenoxy) is 2. The summed E-state index contributed by atoms with van der Waals surface area (Å²) in [5.74, 6) is -0.0340. The minimum atomic E-state index is -0.301. The molecular weight excluding hydrogens is 308 g/mol. The quantitative estimate of drug-likeness (QED) is 0.765. The van der Waals surface area contributed by atoms with Gasteiger partial charge in [0.25, 0.3) is 11.8 Å². The molecule has 126 valence electrons. The highest BCUT2D eigenvalue weighted by Crippen LogP contribution is 2.19. The first-order valence-electron chi connectivity index (χ1n) is 7.47. The smallest absolute Gasteiger partial charge is 0.259 e. The molecule has 0 atom stereocenters. The molecule has 0 aromatic heterocycles. The van der Waals surface area contributed by atoms with Gasteiger partial charge in [-0.2, -0.15) is 0 Å². The molecule has 2 N–H and O–H groups in total. The topological polar surface area (TPSA) is 76.7 Å². The average molecular weight is 328 g/mol. The predicted octanol–water partition coefficient (Wildman–Crippen LogP) is 2.32. The van der Waals surface area contributed by atoms with Crippen LogP contribution in [0.4, 0.5) is 5.69 Å². The van der Waals surface area contributed by atoms with Crippen LogP contribution < -0.4 is 15.4 Å².